The van der Waals surface area contributed by atoms with Crippen LogP contribution in [0.4, 0.5) is 0 Å². The summed E-state index contributed by atoms with van der Waals surface area (Å²) in [5, 5.41) is 9.90. The van der Waals surface area contributed by atoms with Crippen LogP contribution in [0, 0.1) is 0 Å². The van der Waals surface area contributed by atoms with Crippen LogP contribution in [0.5, 0.6) is 11.5 Å². The zero-order chi connectivity index (χ0) is 18.9. The summed E-state index contributed by atoms with van der Waals surface area (Å²) >= 11 is 1.50. The molecule has 0 fully saturated rings. The van der Waals surface area contributed by atoms with Gasteiger partial charge in [-0.05, 0) is 23.6 Å². The van der Waals surface area contributed by atoms with Crippen molar-refractivity contribution in [2.45, 2.75) is 12.5 Å². The number of para-hydroxylation sites is 2. The van der Waals surface area contributed by atoms with Gasteiger partial charge in [0, 0.05) is 11.1 Å². The SMILES string of the molecule is O=C(OCc1nnc(-c2cccs2)o1)C1c2ccccc2Oc2ccccc21. The van der Waals surface area contributed by atoms with Crippen LogP contribution in [0.3, 0.4) is 0 Å². The Balaban J connectivity index is 1.38. The van der Waals surface area contributed by atoms with Gasteiger partial charge in [-0.15, -0.1) is 21.5 Å². The van der Waals surface area contributed by atoms with Crippen molar-refractivity contribution >= 4 is 17.3 Å². The highest BCUT2D eigenvalue weighted by atomic mass is 32.1. The van der Waals surface area contributed by atoms with Gasteiger partial charge in [0.1, 0.15) is 17.4 Å². The first-order valence-corrected chi connectivity index (χ1v) is 9.56. The fourth-order valence-electron chi connectivity index (χ4n) is 3.19. The zero-order valence-corrected chi connectivity index (χ0v) is 15.4. The zero-order valence-electron chi connectivity index (χ0n) is 14.6. The van der Waals surface area contributed by atoms with E-state index in [-0.39, 0.29) is 18.5 Å². The van der Waals surface area contributed by atoms with Crippen molar-refractivity contribution in [1.82, 2.24) is 10.2 Å². The minimum Gasteiger partial charge on any atom is -0.457 e. The Hall–Kier alpha value is -3.45. The molecule has 0 radical (unpaired) electrons. The molecule has 7 heteroatoms. The van der Waals surface area contributed by atoms with Gasteiger partial charge in [-0.2, -0.15) is 0 Å². The van der Waals surface area contributed by atoms with Crippen molar-refractivity contribution in [3.05, 3.63) is 83.1 Å². The number of ether oxygens (including phenoxy) is 2. The number of nitrogens with zero attached hydrogens (tertiary/aromatic N) is 2. The van der Waals surface area contributed by atoms with E-state index in [4.69, 9.17) is 13.9 Å². The average Bonchev–Trinajstić information content (AvgIpc) is 3.42. The highest BCUT2D eigenvalue weighted by Gasteiger charge is 2.33. The van der Waals surface area contributed by atoms with Crippen molar-refractivity contribution in [2.75, 3.05) is 0 Å². The highest BCUT2D eigenvalue weighted by Crippen LogP contribution is 2.44. The normalized spacial score (nSPS) is 12.7. The molecular weight excluding hydrogens is 376 g/mol. The summed E-state index contributed by atoms with van der Waals surface area (Å²) in [6.45, 7) is -0.0844. The molecule has 3 heterocycles. The van der Waals surface area contributed by atoms with Gasteiger partial charge in [-0.25, -0.2) is 0 Å². The highest BCUT2D eigenvalue weighted by molar-refractivity contribution is 7.13. The van der Waals surface area contributed by atoms with Crippen LogP contribution in [-0.4, -0.2) is 16.2 Å². The molecule has 6 nitrogen and oxygen atoms in total. The molecule has 1 aliphatic rings. The molecular formula is C21H14N2O4S. The van der Waals surface area contributed by atoms with E-state index in [1.807, 2.05) is 66.0 Å². The van der Waals surface area contributed by atoms with Crippen molar-refractivity contribution in [1.29, 1.82) is 0 Å². The molecule has 0 aliphatic carbocycles. The molecule has 28 heavy (non-hydrogen) atoms. The molecule has 0 saturated carbocycles. The number of thiophene rings is 1. The maximum Gasteiger partial charge on any atom is 0.318 e. The Bertz CT molecular complexity index is 1090. The number of fused-ring (bicyclic) bond motifs is 2. The fourth-order valence-corrected chi connectivity index (χ4v) is 3.84. The second-order valence-corrected chi connectivity index (χ2v) is 7.14. The molecule has 0 saturated heterocycles. The lowest BCUT2D eigenvalue weighted by Crippen LogP contribution is -2.21. The Morgan fingerprint density at radius 2 is 1.68 bits per heavy atom. The van der Waals surface area contributed by atoms with Crippen molar-refractivity contribution in [3.8, 4) is 22.3 Å². The maximum absolute atomic E-state index is 13.0. The van der Waals surface area contributed by atoms with E-state index in [0.29, 0.717) is 17.4 Å². The number of carbonyl (C=O) groups excluding carboxylic acids is 1. The van der Waals surface area contributed by atoms with E-state index in [2.05, 4.69) is 10.2 Å². The van der Waals surface area contributed by atoms with Crippen LogP contribution < -0.4 is 4.74 Å². The summed E-state index contributed by atoms with van der Waals surface area (Å²) in [5.41, 5.74) is 1.55. The van der Waals surface area contributed by atoms with Crippen LogP contribution in [0.15, 0.2) is 70.5 Å². The van der Waals surface area contributed by atoms with E-state index >= 15 is 0 Å². The van der Waals surface area contributed by atoms with Crippen LogP contribution in [0.2, 0.25) is 0 Å². The number of benzene rings is 2. The number of esters is 1. The average molecular weight is 390 g/mol. The molecule has 0 unspecified atom stereocenters. The predicted molar refractivity (Wildman–Crippen MR) is 102 cm³/mol. The summed E-state index contributed by atoms with van der Waals surface area (Å²) in [5.74, 6) is 1.02. The predicted octanol–water partition coefficient (Wildman–Crippen LogP) is 4.78. The van der Waals surface area contributed by atoms with Crippen LogP contribution in [-0.2, 0) is 16.1 Å². The lowest BCUT2D eigenvalue weighted by molar-refractivity contribution is -0.146. The van der Waals surface area contributed by atoms with Crippen LogP contribution in [0.1, 0.15) is 22.9 Å². The molecule has 0 N–H and O–H groups in total. The second kappa shape index (κ2) is 6.94. The summed E-state index contributed by atoms with van der Waals surface area (Å²) in [4.78, 5) is 13.8. The van der Waals surface area contributed by atoms with Gasteiger partial charge in [-0.3, -0.25) is 4.79 Å². The van der Waals surface area contributed by atoms with Crippen molar-refractivity contribution < 1.29 is 18.7 Å². The molecule has 0 spiro atoms. The maximum atomic E-state index is 13.0. The third-order valence-electron chi connectivity index (χ3n) is 4.45. The molecule has 138 valence electrons. The van der Waals surface area contributed by atoms with E-state index in [0.717, 1.165) is 16.0 Å². The van der Waals surface area contributed by atoms with Crippen LogP contribution in [0.25, 0.3) is 10.8 Å². The van der Waals surface area contributed by atoms with E-state index in [1.54, 1.807) is 0 Å². The topological polar surface area (TPSA) is 74.5 Å². The number of hydrogen-bond acceptors (Lipinski definition) is 7. The molecule has 0 amide bonds. The van der Waals surface area contributed by atoms with Crippen LogP contribution >= 0.6 is 11.3 Å². The second-order valence-electron chi connectivity index (χ2n) is 6.20. The summed E-state index contributed by atoms with van der Waals surface area (Å²) < 4.78 is 17.0. The molecule has 5 rings (SSSR count). The van der Waals surface area contributed by atoms with Gasteiger partial charge in [0.05, 0.1) is 4.88 Å². The largest absolute Gasteiger partial charge is 0.457 e. The standard InChI is InChI=1S/C21H14N2O4S/c24-21(25-12-18-22-23-20(27-18)17-10-5-11-28-17)19-13-6-1-3-8-15(13)26-16-9-4-2-7-14(16)19/h1-11,19H,12H2. The molecule has 2 aromatic carbocycles. The van der Waals surface area contributed by atoms with E-state index < -0.39 is 5.92 Å². The van der Waals surface area contributed by atoms with E-state index in [1.165, 1.54) is 11.3 Å². The van der Waals surface area contributed by atoms with E-state index in [9.17, 15) is 4.79 Å². The summed E-state index contributed by atoms with van der Waals surface area (Å²) in [7, 11) is 0. The van der Waals surface area contributed by atoms with Gasteiger partial charge in [0.15, 0.2) is 6.61 Å². The summed E-state index contributed by atoms with van der Waals surface area (Å²) in [6, 6.07) is 18.7. The monoisotopic (exact) mass is 390 g/mol. The summed E-state index contributed by atoms with van der Waals surface area (Å²) in [6.07, 6.45) is 0. The van der Waals surface area contributed by atoms with Gasteiger partial charge < -0.3 is 13.9 Å². The number of hydrogen-bond donors (Lipinski definition) is 0. The first-order valence-electron chi connectivity index (χ1n) is 8.68. The molecule has 0 atom stereocenters. The lowest BCUT2D eigenvalue weighted by Gasteiger charge is -2.26. The van der Waals surface area contributed by atoms with Crippen molar-refractivity contribution in [2.24, 2.45) is 0 Å². The molecule has 4 aromatic rings. The Morgan fingerprint density at radius 3 is 2.36 bits per heavy atom. The third-order valence-corrected chi connectivity index (χ3v) is 5.31. The van der Waals surface area contributed by atoms with Crippen molar-refractivity contribution in [3.63, 3.8) is 0 Å². The first kappa shape index (κ1) is 16.7. The Labute approximate surface area is 164 Å². The van der Waals surface area contributed by atoms with Gasteiger partial charge in [-0.1, -0.05) is 42.5 Å². The minimum absolute atomic E-state index is 0.0844. The number of aromatic nitrogens is 2. The third kappa shape index (κ3) is 2.95. The first-order chi connectivity index (χ1) is 13.8. The minimum atomic E-state index is -0.569. The fraction of sp³-hybridized carbons (Fsp3) is 0.0952. The van der Waals surface area contributed by atoms with Gasteiger partial charge >= 0.3 is 5.97 Å². The number of carbonyl (C=O) groups is 1. The lowest BCUT2D eigenvalue weighted by atomic mass is 9.88. The number of rotatable bonds is 4. The molecule has 1 aliphatic heterocycles. The Morgan fingerprint density at radius 1 is 0.964 bits per heavy atom. The molecule has 2 aromatic heterocycles. The van der Waals surface area contributed by atoms with Gasteiger partial charge in [0.25, 0.3) is 11.8 Å². The molecule has 0 bridgehead atoms. The smallest absolute Gasteiger partial charge is 0.318 e. The van der Waals surface area contributed by atoms with Gasteiger partial charge in [0.2, 0.25) is 0 Å². The Kier molecular flexibility index (Phi) is 4.14. The quantitative estimate of drug-likeness (QED) is 0.467.